The second-order valence-corrected chi connectivity index (χ2v) is 6.90. The van der Waals surface area contributed by atoms with Gasteiger partial charge < -0.3 is 0 Å². The maximum atomic E-state index is 4.24. The first-order valence-corrected chi connectivity index (χ1v) is 8.30. The molecule has 0 saturated carbocycles. The van der Waals surface area contributed by atoms with Gasteiger partial charge in [-0.05, 0) is 47.9 Å². The first-order valence-electron chi connectivity index (χ1n) is 8.30. The lowest BCUT2D eigenvalue weighted by molar-refractivity contribution is -0.665. The molecular formula is C21H25N2+. The van der Waals surface area contributed by atoms with Gasteiger partial charge in [-0.3, -0.25) is 4.98 Å². The molecule has 0 atom stereocenters. The van der Waals surface area contributed by atoms with Crippen LogP contribution in [0.4, 0.5) is 0 Å². The van der Waals surface area contributed by atoms with Gasteiger partial charge in [-0.15, -0.1) is 0 Å². The van der Waals surface area contributed by atoms with Gasteiger partial charge in [0.25, 0.3) is 0 Å². The van der Waals surface area contributed by atoms with Crippen molar-refractivity contribution in [3.8, 4) is 11.3 Å². The van der Waals surface area contributed by atoms with Gasteiger partial charge >= 0.3 is 0 Å². The SMILES string of the molecule is Cc1cnccc1-c1c2ccc(CC(C)C)cc2cc(C)[n+]1C. The average Bonchev–Trinajstić information content (AvgIpc) is 2.49. The highest BCUT2D eigenvalue weighted by Crippen LogP contribution is 2.29. The molecule has 0 aliphatic rings. The minimum absolute atomic E-state index is 0.676. The summed E-state index contributed by atoms with van der Waals surface area (Å²) in [6, 6.07) is 11.3. The second-order valence-electron chi connectivity index (χ2n) is 6.90. The molecule has 1 aromatic carbocycles. The van der Waals surface area contributed by atoms with E-state index in [0.717, 1.165) is 6.42 Å². The molecule has 0 aliphatic carbocycles. The Labute approximate surface area is 138 Å². The lowest BCUT2D eigenvalue weighted by Gasteiger charge is -2.11. The number of nitrogens with zero attached hydrogens (tertiary/aromatic N) is 2. The standard InChI is InChI=1S/C21H25N2/c1-14(2)10-17-6-7-20-18(12-17)11-16(4)23(5)21(20)19-8-9-22-13-15(19)3/h6-9,11-14H,10H2,1-5H3/q+1. The van der Waals surface area contributed by atoms with Gasteiger partial charge in [-0.2, -0.15) is 4.57 Å². The number of pyridine rings is 2. The molecule has 118 valence electrons. The summed E-state index contributed by atoms with van der Waals surface area (Å²) in [5.74, 6) is 0.676. The van der Waals surface area contributed by atoms with E-state index in [4.69, 9.17) is 0 Å². The van der Waals surface area contributed by atoms with Crippen molar-refractivity contribution in [1.29, 1.82) is 0 Å². The Bertz CT molecular complexity index is 863. The number of hydrogen-bond acceptors (Lipinski definition) is 1. The predicted octanol–water partition coefficient (Wildman–Crippen LogP) is 4.54. The van der Waals surface area contributed by atoms with Crippen LogP contribution in [0.15, 0.2) is 42.7 Å². The predicted molar refractivity (Wildman–Crippen MR) is 96.4 cm³/mol. The molecule has 2 heteroatoms. The van der Waals surface area contributed by atoms with E-state index in [-0.39, 0.29) is 0 Å². The van der Waals surface area contributed by atoms with E-state index in [1.54, 1.807) is 0 Å². The van der Waals surface area contributed by atoms with Gasteiger partial charge in [-0.1, -0.05) is 26.0 Å². The Morgan fingerprint density at radius 2 is 1.87 bits per heavy atom. The molecule has 0 bridgehead atoms. The first-order chi connectivity index (χ1) is 11.0. The molecule has 23 heavy (non-hydrogen) atoms. The third kappa shape index (κ3) is 2.98. The minimum atomic E-state index is 0.676. The van der Waals surface area contributed by atoms with Crippen LogP contribution in [0.25, 0.3) is 22.0 Å². The van der Waals surface area contributed by atoms with Crippen molar-refractivity contribution in [3.63, 3.8) is 0 Å². The normalized spacial score (nSPS) is 11.4. The lowest BCUT2D eigenvalue weighted by Crippen LogP contribution is -2.35. The van der Waals surface area contributed by atoms with Crippen LogP contribution < -0.4 is 4.57 Å². The van der Waals surface area contributed by atoms with E-state index in [1.807, 2.05) is 12.4 Å². The maximum absolute atomic E-state index is 4.24. The zero-order valence-corrected chi connectivity index (χ0v) is 14.7. The Hall–Kier alpha value is -2.22. The summed E-state index contributed by atoms with van der Waals surface area (Å²) in [6.45, 7) is 8.84. The molecule has 2 aromatic heterocycles. The molecule has 0 amide bonds. The van der Waals surface area contributed by atoms with Crippen molar-refractivity contribution in [3.05, 3.63) is 59.5 Å². The molecule has 2 nitrogen and oxygen atoms in total. The lowest BCUT2D eigenvalue weighted by atomic mass is 9.96. The van der Waals surface area contributed by atoms with E-state index >= 15 is 0 Å². The summed E-state index contributed by atoms with van der Waals surface area (Å²) in [4.78, 5) is 4.24. The second kappa shape index (κ2) is 6.11. The van der Waals surface area contributed by atoms with Crippen molar-refractivity contribution >= 4 is 10.8 Å². The van der Waals surface area contributed by atoms with Crippen LogP contribution in [0, 0.1) is 19.8 Å². The molecule has 0 N–H and O–H groups in total. The highest BCUT2D eigenvalue weighted by molar-refractivity contribution is 5.94. The van der Waals surface area contributed by atoms with Crippen molar-refractivity contribution in [2.45, 2.75) is 34.1 Å². The third-order valence-electron chi connectivity index (χ3n) is 4.52. The van der Waals surface area contributed by atoms with Gasteiger partial charge in [-0.25, -0.2) is 0 Å². The molecule has 3 rings (SSSR count). The Kier molecular flexibility index (Phi) is 4.16. The molecule has 2 heterocycles. The summed E-state index contributed by atoms with van der Waals surface area (Å²) in [5.41, 5.74) is 6.42. The van der Waals surface area contributed by atoms with Crippen LogP contribution in [0.1, 0.15) is 30.7 Å². The maximum Gasteiger partial charge on any atom is 0.220 e. The van der Waals surface area contributed by atoms with Crippen LogP contribution in [0.5, 0.6) is 0 Å². The molecule has 0 fully saturated rings. The van der Waals surface area contributed by atoms with Crippen molar-refractivity contribution < 1.29 is 4.57 Å². The zero-order valence-electron chi connectivity index (χ0n) is 14.7. The highest BCUT2D eigenvalue weighted by Gasteiger charge is 2.19. The highest BCUT2D eigenvalue weighted by atomic mass is 14.9. The molecule has 0 unspecified atom stereocenters. The molecule has 0 radical (unpaired) electrons. The summed E-state index contributed by atoms with van der Waals surface area (Å²) < 4.78 is 2.28. The fraction of sp³-hybridized carbons (Fsp3) is 0.333. The van der Waals surface area contributed by atoms with E-state index in [1.165, 1.54) is 38.9 Å². The Balaban J connectivity index is 2.28. The molecule has 0 spiro atoms. The largest absolute Gasteiger partial charge is 0.264 e. The number of fused-ring (bicyclic) bond motifs is 1. The number of benzene rings is 1. The van der Waals surface area contributed by atoms with E-state index < -0.39 is 0 Å². The van der Waals surface area contributed by atoms with Crippen LogP contribution in [0.2, 0.25) is 0 Å². The van der Waals surface area contributed by atoms with Crippen molar-refractivity contribution in [1.82, 2.24) is 4.98 Å². The number of hydrogen-bond donors (Lipinski definition) is 0. The van der Waals surface area contributed by atoms with E-state index in [0.29, 0.717) is 5.92 Å². The number of rotatable bonds is 3. The molecule has 0 aliphatic heterocycles. The Morgan fingerprint density at radius 1 is 1.09 bits per heavy atom. The molecule has 0 saturated heterocycles. The van der Waals surface area contributed by atoms with Gasteiger partial charge in [0.1, 0.15) is 7.05 Å². The van der Waals surface area contributed by atoms with Crippen LogP contribution in [-0.2, 0) is 13.5 Å². The zero-order chi connectivity index (χ0) is 16.6. The van der Waals surface area contributed by atoms with Crippen LogP contribution in [0.3, 0.4) is 0 Å². The Morgan fingerprint density at radius 3 is 2.57 bits per heavy atom. The van der Waals surface area contributed by atoms with E-state index in [2.05, 4.69) is 74.6 Å². The summed E-state index contributed by atoms with van der Waals surface area (Å²) in [7, 11) is 2.14. The van der Waals surface area contributed by atoms with Gasteiger partial charge in [0.05, 0.1) is 10.9 Å². The van der Waals surface area contributed by atoms with Crippen molar-refractivity contribution in [2.24, 2.45) is 13.0 Å². The fourth-order valence-electron chi connectivity index (χ4n) is 3.29. The van der Waals surface area contributed by atoms with Crippen LogP contribution >= 0.6 is 0 Å². The minimum Gasteiger partial charge on any atom is -0.264 e. The van der Waals surface area contributed by atoms with Crippen molar-refractivity contribution in [2.75, 3.05) is 0 Å². The molecular weight excluding hydrogens is 280 g/mol. The van der Waals surface area contributed by atoms with Gasteiger partial charge in [0.15, 0.2) is 5.69 Å². The summed E-state index contributed by atoms with van der Waals surface area (Å²) in [5, 5.41) is 2.63. The molecule has 3 aromatic rings. The quantitative estimate of drug-likeness (QED) is 0.649. The smallest absolute Gasteiger partial charge is 0.220 e. The number of aromatic nitrogens is 2. The fourth-order valence-corrected chi connectivity index (χ4v) is 3.29. The topological polar surface area (TPSA) is 16.8 Å². The summed E-state index contributed by atoms with van der Waals surface area (Å²) in [6.07, 6.45) is 4.94. The monoisotopic (exact) mass is 305 g/mol. The average molecular weight is 305 g/mol. The summed E-state index contributed by atoms with van der Waals surface area (Å²) >= 11 is 0. The first kappa shape index (κ1) is 15.7. The number of aryl methyl sites for hydroxylation is 2. The van der Waals surface area contributed by atoms with Crippen LogP contribution in [-0.4, -0.2) is 4.98 Å². The third-order valence-corrected chi connectivity index (χ3v) is 4.52. The van der Waals surface area contributed by atoms with Gasteiger partial charge in [0.2, 0.25) is 5.69 Å². The van der Waals surface area contributed by atoms with Gasteiger partial charge in [0, 0.05) is 25.4 Å². The van der Waals surface area contributed by atoms with E-state index in [9.17, 15) is 0 Å².